The molecule has 8 aromatic carbocycles. The molecule has 0 radical (unpaired) electrons. The minimum atomic E-state index is -0.524. The first-order valence-corrected chi connectivity index (χ1v) is 14.0. The van der Waals surface area contributed by atoms with Crippen molar-refractivity contribution in [1.82, 2.24) is 0 Å². The lowest BCUT2D eigenvalue weighted by molar-refractivity contribution is 0.669. The quantitative estimate of drug-likeness (QED) is 0.197. The van der Waals surface area contributed by atoms with E-state index in [1.165, 1.54) is 6.07 Å². The Morgan fingerprint density at radius 2 is 1.09 bits per heavy atom. The van der Waals surface area contributed by atoms with Crippen LogP contribution in [-0.4, -0.2) is 0 Å². The highest BCUT2D eigenvalue weighted by Crippen LogP contribution is 2.49. The third-order valence-electron chi connectivity index (χ3n) is 8.17. The minimum absolute atomic E-state index is 0.00591. The molecule has 1 aromatic heterocycles. The van der Waals surface area contributed by atoms with Gasteiger partial charge >= 0.3 is 0 Å². The summed E-state index contributed by atoms with van der Waals surface area (Å²) in [7, 11) is 0. The van der Waals surface area contributed by atoms with Crippen LogP contribution in [-0.2, 0) is 0 Å². The van der Waals surface area contributed by atoms with Gasteiger partial charge in [0.25, 0.3) is 0 Å². The van der Waals surface area contributed by atoms with Gasteiger partial charge in [-0.05, 0) is 84.3 Å². The summed E-state index contributed by atoms with van der Waals surface area (Å²) in [5.41, 5.74) is 2.38. The second-order valence-electron chi connectivity index (χ2n) is 10.5. The lowest BCUT2D eigenvalue weighted by Gasteiger charge is -2.20. The van der Waals surface area contributed by atoms with E-state index in [1.54, 1.807) is 0 Å². The van der Waals surface area contributed by atoms with Gasteiger partial charge in [0.2, 0.25) is 0 Å². The maximum Gasteiger partial charge on any atom is 0.136 e. The molecular weight excluding hydrogens is 520 g/mol. The molecule has 0 bridgehead atoms. The predicted octanol–water partition coefficient (Wildman–Crippen LogP) is 12.0. The largest absolute Gasteiger partial charge is 0.456 e. The lowest BCUT2D eigenvalue weighted by atomic mass is 9.82. The summed E-state index contributed by atoms with van der Waals surface area (Å²) in [4.78, 5) is 0. The smallest absolute Gasteiger partial charge is 0.136 e. The van der Waals surface area contributed by atoms with Crippen LogP contribution in [0.3, 0.4) is 0 Å². The molecule has 1 heteroatoms. The van der Waals surface area contributed by atoms with Crippen molar-refractivity contribution in [2.24, 2.45) is 0 Å². The maximum atomic E-state index is 9.64. The standard InChI is InChI=1S/C42H26O/c1-2-13-28(14-3-1)40-36(24-25-38-42(40)35-20-10-11-21-37(35)43-38)41-33-18-8-6-16-31(33)39(32-17-7-9-19-34(32)41)30-23-22-27-12-4-5-15-29(27)26-30/h1-26H/i1D,2D,3D,10D,11D,13D,20D,21D,24D,25D. The fourth-order valence-corrected chi connectivity index (χ4v) is 6.38. The zero-order valence-electron chi connectivity index (χ0n) is 32.6. The first kappa shape index (κ1) is 16.1. The topological polar surface area (TPSA) is 13.1 Å². The van der Waals surface area contributed by atoms with Crippen molar-refractivity contribution in [2.45, 2.75) is 0 Å². The van der Waals surface area contributed by atoms with Gasteiger partial charge < -0.3 is 4.42 Å². The van der Waals surface area contributed by atoms with E-state index < -0.39 is 42.3 Å². The Hall–Kier alpha value is -5.66. The summed E-state index contributed by atoms with van der Waals surface area (Å²) in [5, 5.41) is 5.33. The number of furan rings is 1. The van der Waals surface area contributed by atoms with E-state index in [1.807, 2.05) is 60.7 Å². The molecule has 9 rings (SSSR count). The average molecular weight is 557 g/mol. The molecule has 0 fully saturated rings. The van der Waals surface area contributed by atoms with Crippen LogP contribution in [0.15, 0.2) is 162 Å². The number of benzene rings is 8. The van der Waals surface area contributed by atoms with Crippen molar-refractivity contribution in [1.29, 1.82) is 0 Å². The number of para-hydroxylation sites is 1. The van der Waals surface area contributed by atoms with Gasteiger partial charge in [0.05, 0.1) is 13.7 Å². The summed E-state index contributed by atoms with van der Waals surface area (Å²) in [6.45, 7) is 0. The Kier molecular flexibility index (Phi) is 3.53. The third-order valence-corrected chi connectivity index (χ3v) is 8.17. The van der Waals surface area contributed by atoms with Gasteiger partial charge in [-0.3, -0.25) is 0 Å². The van der Waals surface area contributed by atoms with E-state index in [0.717, 1.165) is 43.4 Å². The zero-order valence-corrected chi connectivity index (χ0v) is 22.6. The summed E-state index contributed by atoms with van der Waals surface area (Å²) in [5.74, 6) is 0. The van der Waals surface area contributed by atoms with E-state index in [9.17, 15) is 2.74 Å². The van der Waals surface area contributed by atoms with E-state index >= 15 is 0 Å². The van der Waals surface area contributed by atoms with Crippen molar-refractivity contribution in [2.75, 3.05) is 0 Å². The summed E-state index contributed by atoms with van der Waals surface area (Å²) < 4.78 is 94.2. The molecule has 0 amide bonds. The van der Waals surface area contributed by atoms with Crippen LogP contribution < -0.4 is 0 Å². The van der Waals surface area contributed by atoms with Crippen molar-refractivity contribution in [3.05, 3.63) is 157 Å². The molecule has 0 saturated carbocycles. The molecule has 1 nitrogen and oxygen atoms in total. The molecular formula is C42H26O. The molecule has 1 heterocycles. The second-order valence-corrected chi connectivity index (χ2v) is 10.5. The molecule has 0 aliphatic carbocycles. The SMILES string of the molecule is [2H]c1cc(-c2c(-c3c4ccccc4c(-c4ccc5ccccc5c4)c4ccccc34)c([2H])c([2H])c3oc4c([2H])c([2H])c([2H])c([2H])c4c23)c([2H])c([2H])c1[2H]. The van der Waals surface area contributed by atoms with Gasteiger partial charge in [0.15, 0.2) is 0 Å². The van der Waals surface area contributed by atoms with Gasteiger partial charge in [-0.15, -0.1) is 0 Å². The molecule has 0 saturated heterocycles. The van der Waals surface area contributed by atoms with Gasteiger partial charge in [-0.1, -0.05) is 133 Å². The maximum absolute atomic E-state index is 9.64. The van der Waals surface area contributed by atoms with Gasteiger partial charge in [0, 0.05) is 16.3 Å². The predicted molar refractivity (Wildman–Crippen MR) is 183 cm³/mol. The molecule has 43 heavy (non-hydrogen) atoms. The Bertz CT molecular complexity index is 3020. The number of hydrogen-bond donors (Lipinski definition) is 0. The third kappa shape index (κ3) is 3.65. The summed E-state index contributed by atoms with van der Waals surface area (Å²) >= 11 is 0. The average Bonchev–Trinajstić information content (AvgIpc) is 3.58. The molecule has 200 valence electrons. The first-order chi connectivity index (χ1) is 25.5. The van der Waals surface area contributed by atoms with E-state index in [2.05, 4.69) is 30.3 Å². The highest BCUT2D eigenvalue weighted by atomic mass is 16.3. The van der Waals surface area contributed by atoms with Crippen molar-refractivity contribution >= 4 is 54.3 Å². The van der Waals surface area contributed by atoms with Crippen molar-refractivity contribution in [3.8, 4) is 33.4 Å². The van der Waals surface area contributed by atoms with E-state index in [0.29, 0.717) is 5.56 Å². The summed E-state index contributed by atoms with van der Waals surface area (Å²) in [6, 6.07) is 26.9. The Labute approximate surface area is 263 Å². The normalized spacial score (nSPS) is 15.0. The molecule has 9 aromatic rings. The number of hydrogen-bond acceptors (Lipinski definition) is 1. The lowest BCUT2D eigenvalue weighted by Crippen LogP contribution is -1.93. The monoisotopic (exact) mass is 556 g/mol. The van der Waals surface area contributed by atoms with Crippen LogP contribution in [0.4, 0.5) is 0 Å². The van der Waals surface area contributed by atoms with E-state index in [4.69, 9.17) is 15.4 Å². The van der Waals surface area contributed by atoms with Crippen LogP contribution >= 0.6 is 0 Å². The number of fused-ring (bicyclic) bond motifs is 6. The van der Waals surface area contributed by atoms with Crippen molar-refractivity contribution in [3.63, 3.8) is 0 Å². The Balaban J connectivity index is 1.55. The molecule has 0 unspecified atom stereocenters. The first-order valence-electron chi connectivity index (χ1n) is 19.0. The zero-order chi connectivity index (χ0) is 37.0. The molecule has 0 aliphatic rings. The minimum Gasteiger partial charge on any atom is -0.456 e. The highest BCUT2D eigenvalue weighted by molar-refractivity contribution is 6.25. The Morgan fingerprint density at radius 1 is 0.419 bits per heavy atom. The van der Waals surface area contributed by atoms with E-state index in [-0.39, 0.29) is 56.8 Å². The van der Waals surface area contributed by atoms with Gasteiger partial charge in [-0.25, -0.2) is 0 Å². The van der Waals surface area contributed by atoms with Crippen LogP contribution in [0, 0.1) is 0 Å². The van der Waals surface area contributed by atoms with Crippen molar-refractivity contribution < 1.29 is 18.1 Å². The highest BCUT2D eigenvalue weighted by Gasteiger charge is 2.22. The Morgan fingerprint density at radius 3 is 1.88 bits per heavy atom. The second kappa shape index (κ2) is 9.44. The number of rotatable bonds is 3. The summed E-state index contributed by atoms with van der Waals surface area (Å²) in [6.07, 6.45) is 0. The molecule has 0 spiro atoms. The van der Waals surface area contributed by atoms with Gasteiger partial charge in [0.1, 0.15) is 11.2 Å². The van der Waals surface area contributed by atoms with Crippen LogP contribution in [0.5, 0.6) is 0 Å². The fraction of sp³-hybridized carbons (Fsp3) is 0. The van der Waals surface area contributed by atoms with Crippen LogP contribution in [0.25, 0.3) is 87.6 Å². The molecule has 0 atom stereocenters. The van der Waals surface area contributed by atoms with Gasteiger partial charge in [-0.2, -0.15) is 0 Å². The fourth-order valence-electron chi connectivity index (χ4n) is 6.38. The van der Waals surface area contributed by atoms with Crippen LogP contribution in [0.1, 0.15) is 13.7 Å². The van der Waals surface area contributed by atoms with Crippen LogP contribution in [0.2, 0.25) is 0 Å². The molecule has 0 aliphatic heterocycles. The molecule has 0 N–H and O–H groups in total.